The smallest absolute Gasteiger partial charge is 0.0409 e. The molecule has 0 amide bonds. The summed E-state index contributed by atoms with van der Waals surface area (Å²) in [4.78, 5) is 4.25. The van der Waals surface area contributed by atoms with Gasteiger partial charge in [-0.05, 0) is 47.9 Å². The van der Waals surface area contributed by atoms with Crippen LogP contribution >= 0.6 is 11.6 Å². The van der Waals surface area contributed by atoms with E-state index in [0.29, 0.717) is 6.04 Å². The highest BCUT2D eigenvalue weighted by Gasteiger charge is 2.07. The number of pyridine rings is 1. The third-order valence-corrected chi connectivity index (χ3v) is 3.21. The normalized spacial score (nSPS) is 11.0. The summed E-state index contributed by atoms with van der Waals surface area (Å²) in [6.45, 7) is 7.10. The molecule has 2 nitrogen and oxygen atoms in total. The molecule has 0 aliphatic heterocycles. The van der Waals surface area contributed by atoms with E-state index in [-0.39, 0.29) is 0 Å². The molecule has 1 N–H and O–H groups in total. The number of aryl methyl sites for hydroxylation is 1. The Bertz CT molecular complexity index is 564. The summed E-state index contributed by atoms with van der Waals surface area (Å²) in [7, 11) is 0. The topological polar surface area (TPSA) is 24.9 Å². The first kappa shape index (κ1) is 14.0. The summed E-state index contributed by atoms with van der Waals surface area (Å²) in [5, 5.41) is 4.21. The Hall–Kier alpha value is -1.38. The first-order chi connectivity index (χ1) is 9.06. The van der Waals surface area contributed by atoms with Crippen molar-refractivity contribution in [1.82, 2.24) is 10.3 Å². The molecule has 2 aromatic rings. The number of nitrogens with one attached hydrogen (secondary N) is 1. The van der Waals surface area contributed by atoms with Crippen LogP contribution in [0, 0.1) is 6.92 Å². The van der Waals surface area contributed by atoms with Crippen LogP contribution in [-0.4, -0.2) is 11.0 Å². The maximum Gasteiger partial charge on any atom is 0.0409 e. The fourth-order valence-corrected chi connectivity index (χ4v) is 2.21. The van der Waals surface area contributed by atoms with E-state index < -0.39 is 0 Å². The van der Waals surface area contributed by atoms with Crippen LogP contribution in [0.1, 0.15) is 25.1 Å². The highest BCUT2D eigenvalue weighted by atomic mass is 35.5. The average molecular weight is 275 g/mol. The highest BCUT2D eigenvalue weighted by molar-refractivity contribution is 6.30. The van der Waals surface area contributed by atoms with Gasteiger partial charge in [0.05, 0.1) is 0 Å². The van der Waals surface area contributed by atoms with E-state index in [2.05, 4.69) is 36.3 Å². The van der Waals surface area contributed by atoms with Crippen molar-refractivity contribution in [2.24, 2.45) is 0 Å². The third kappa shape index (κ3) is 3.79. The van der Waals surface area contributed by atoms with Crippen molar-refractivity contribution in [2.45, 2.75) is 33.4 Å². The molecule has 0 unspecified atom stereocenters. The van der Waals surface area contributed by atoms with Gasteiger partial charge in [-0.2, -0.15) is 0 Å². The monoisotopic (exact) mass is 274 g/mol. The van der Waals surface area contributed by atoms with Crippen molar-refractivity contribution >= 4 is 11.6 Å². The molecule has 0 aliphatic carbocycles. The van der Waals surface area contributed by atoms with E-state index in [0.717, 1.165) is 17.3 Å². The van der Waals surface area contributed by atoms with Crippen molar-refractivity contribution in [3.8, 4) is 11.1 Å². The van der Waals surface area contributed by atoms with Crippen LogP contribution in [0.5, 0.6) is 0 Å². The second-order valence-electron chi connectivity index (χ2n) is 5.02. The second kappa shape index (κ2) is 6.18. The molecule has 0 aliphatic rings. The van der Waals surface area contributed by atoms with Crippen LogP contribution in [0.4, 0.5) is 0 Å². The predicted octanol–water partition coefficient (Wildman–Crippen LogP) is 4.21. The molecule has 0 saturated heterocycles. The maximum atomic E-state index is 6.11. The Balaban J connectivity index is 2.38. The van der Waals surface area contributed by atoms with Crippen LogP contribution in [-0.2, 0) is 6.54 Å². The molecular formula is C16H19ClN2. The van der Waals surface area contributed by atoms with Crippen LogP contribution in [0.3, 0.4) is 0 Å². The molecule has 1 heterocycles. The molecule has 2 rings (SSSR count). The number of halogens is 1. The van der Waals surface area contributed by atoms with Crippen LogP contribution in [0.2, 0.25) is 5.02 Å². The summed E-state index contributed by atoms with van der Waals surface area (Å²) in [6, 6.07) is 10.6. The zero-order valence-electron chi connectivity index (χ0n) is 11.6. The van der Waals surface area contributed by atoms with Gasteiger partial charge >= 0.3 is 0 Å². The van der Waals surface area contributed by atoms with E-state index in [1.807, 2.05) is 31.3 Å². The molecule has 0 fully saturated rings. The number of benzene rings is 1. The molecule has 19 heavy (non-hydrogen) atoms. The van der Waals surface area contributed by atoms with Crippen molar-refractivity contribution in [3.63, 3.8) is 0 Å². The van der Waals surface area contributed by atoms with Gasteiger partial charge in [0.2, 0.25) is 0 Å². The van der Waals surface area contributed by atoms with Gasteiger partial charge < -0.3 is 5.32 Å². The Morgan fingerprint density at radius 1 is 1.21 bits per heavy atom. The van der Waals surface area contributed by atoms with E-state index in [1.54, 1.807) is 0 Å². The second-order valence-corrected chi connectivity index (χ2v) is 5.46. The first-order valence-electron chi connectivity index (χ1n) is 6.51. The van der Waals surface area contributed by atoms with Crippen molar-refractivity contribution in [2.75, 3.05) is 0 Å². The number of hydrogen-bond acceptors (Lipinski definition) is 2. The Labute approximate surface area is 119 Å². The predicted molar refractivity (Wildman–Crippen MR) is 81.4 cm³/mol. The average Bonchev–Trinajstić information content (AvgIpc) is 2.36. The van der Waals surface area contributed by atoms with Gasteiger partial charge in [-0.3, -0.25) is 4.98 Å². The largest absolute Gasteiger partial charge is 0.310 e. The third-order valence-electron chi connectivity index (χ3n) is 2.98. The van der Waals surface area contributed by atoms with E-state index in [4.69, 9.17) is 11.6 Å². The molecule has 0 spiro atoms. The molecule has 1 aromatic heterocycles. The summed E-state index contributed by atoms with van der Waals surface area (Å²) >= 11 is 6.11. The lowest BCUT2D eigenvalue weighted by molar-refractivity contribution is 0.589. The highest BCUT2D eigenvalue weighted by Crippen LogP contribution is 2.26. The van der Waals surface area contributed by atoms with Gasteiger partial charge in [-0.1, -0.05) is 31.5 Å². The zero-order chi connectivity index (χ0) is 13.8. The van der Waals surface area contributed by atoms with Crippen molar-refractivity contribution < 1.29 is 0 Å². The minimum atomic E-state index is 0.450. The SMILES string of the molecule is Cc1cc(-c2ccc(Cl)cc2CNC(C)C)ccn1. The van der Waals surface area contributed by atoms with Gasteiger partial charge in [0.15, 0.2) is 0 Å². The maximum absolute atomic E-state index is 6.11. The molecule has 100 valence electrons. The van der Waals surface area contributed by atoms with Gasteiger partial charge in [-0.15, -0.1) is 0 Å². The Morgan fingerprint density at radius 2 is 2.00 bits per heavy atom. The molecule has 0 saturated carbocycles. The van der Waals surface area contributed by atoms with Gasteiger partial charge in [0.1, 0.15) is 0 Å². The zero-order valence-corrected chi connectivity index (χ0v) is 12.3. The van der Waals surface area contributed by atoms with Gasteiger partial charge in [0.25, 0.3) is 0 Å². The summed E-state index contributed by atoms with van der Waals surface area (Å²) in [5.74, 6) is 0. The summed E-state index contributed by atoms with van der Waals surface area (Å²) in [6.07, 6.45) is 1.85. The number of nitrogens with zero attached hydrogens (tertiary/aromatic N) is 1. The standard InChI is InChI=1S/C16H19ClN2/c1-11(2)19-10-14-9-15(17)4-5-16(14)13-6-7-18-12(3)8-13/h4-9,11,19H,10H2,1-3H3. The fourth-order valence-electron chi connectivity index (χ4n) is 2.02. The minimum absolute atomic E-state index is 0.450. The minimum Gasteiger partial charge on any atom is -0.310 e. The number of aromatic nitrogens is 1. The molecule has 0 bridgehead atoms. The Kier molecular flexibility index (Phi) is 4.56. The fraction of sp³-hybridized carbons (Fsp3) is 0.312. The van der Waals surface area contributed by atoms with Gasteiger partial charge in [-0.25, -0.2) is 0 Å². The number of rotatable bonds is 4. The molecule has 0 radical (unpaired) electrons. The molecule has 1 aromatic carbocycles. The van der Waals surface area contributed by atoms with Crippen LogP contribution in [0.15, 0.2) is 36.5 Å². The lowest BCUT2D eigenvalue weighted by Crippen LogP contribution is -2.22. The van der Waals surface area contributed by atoms with Crippen LogP contribution in [0.25, 0.3) is 11.1 Å². The molecule has 3 heteroatoms. The van der Waals surface area contributed by atoms with E-state index >= 15 is 0 Å². The van der Waals surface area contributed by atoms with Crippen molar-refractivity contribution in [3.05, 3.63) is 52.8 Å². The Morgan fingerprint density at radius 3 is 2.68 bits per heavy atom. The molecular weight excluding hydrogens is 256 g/mol. The summed E-state index contributed by atoms with van der Waals surface area (Å²) < 4.78 is 0. The lowest BCUT2D eigenvalue weighted by Gasteiger charge is -2.13. The van der Waals surface area contributed by atoms with E-state index in [9.17, 15) is 0 Å². The lowest BCUT2D eigenvalue weighted by atomic mass is 10.00. The van der Waals surface area contributed by atoms with Gasteiger partial charge in [0, 0.05) is 29.5 Å². The summed E-state index contributed by atoms with van der Waals surface area (Å²) in [5.41, 5.74) is 4.63. The van der Waals surface area contributed by atoms with Crippen LogP contribution < -0.4 is 5.32 Å². The quantitative estimate of drug-likeness (QED) is 0.903. The van der Waals surface area contributed by atoms with Crippen molar-refractivity contribution in [1.29, 1.82) is 0 Å². The number of hydrogen-bond donors (Lipinski definition) is 1. The first-order valence-corrected chi connectivity index (χ1v) is 6.89. The van der Waals surface area contributed by atoms with E-state index in [1.165, 1.54) is 16.7 Å². The molecule has 0 atom stereocenters.